The van der Waals surface area contributed by atoms with Gasteiger partial charge in [-0.2, -0.15) is 0 Å². The zero-order valence-electron chi connectivity index (χ0n) is 16.6. The van der Waals surface area contributed by atoms with Gasteiger partial charge >= 0.3 is 0 Å². The fourth-order valence-corrected chi connectivity index (χ4v) is 3.46. The quantitative estimate of drug-likeness (QED) is 0.605. The first-order chi connectivity index (χ1) is 14.5. The molecule has 3 aromatic rings. The van der Waals surface area contributed by atoms with Crippen molar-refractivity contribution in [2.24, 2.45) is 5.92 Å². The summed E-state index contributed by atoms with van der Waals surface area (Å²) in [6.45, 7) is 0.996. The summed E-state index contributed by atoms with van der Waals surface area (Å²) in [5.41, 5.74) is 1.91. The molecular formula is C22H22ClFN4O2. The number of benzene rings is 2. The number of ether oxygens (including phenoxy) is 1. The van der Waals surface area contributed by atoms with E-state index in [2.05, 4.69) is 15.4 Å². The number of amides is 1. The third-order valence-electron chi connectivity index (χ3n) is 5.26. The third kappa shape index (κ3) is 4.37. The Kier molecular flexibility index (Phi) is 6.11. The number of carbonyl (C=O) groups is 1. The van der Waals surface area contributed by atoms with Gasteiger partial charge in [0.05, 0.1) is 10.7 Å². The van der Waals surface area contributed by atoms with Gasteiger partial charge in [-0.05, 0) is 61.2 Å². The molecule has 0 saturated heterocycles. The Labute approximate surface area is 179 Å². The van der Waals surface area contributed by atoms with E-state index in [1.807, 2.05) is 0 Å². The molecule has 1 heterocycles. The highest BCUT2D eigenvalue weighted by Gasteiger charge is 2.19. The molecule has 30 heavy (non-hydrogen) atoms. The predicted octanol–water partition coefficient (Wildman–Crippen LogP) is 4.40. The second-order valence-electron chi connectivity index (χ2n) is 7.33. The number of hydrogen-bond donors (Lipinski definition) is 1. The van der Waals surface area contributed by atoms with Gasteiger partial charge in [0.1, 0.15) is 12.4 Å². The maximum Gasteiger partial charge on any atom is 0.251 e. The van der Waals surface area contributed by atoms with Crippen molar-refractivity contribution in [2.45, 2.75) is 25.9 Å². The Morgan fingerprint density at radius 2 is 2.03 bits per heavy atom. The van der Waals surface area contributed by atoms with Gasteiger partial charge in [-0.15, -0.1) is 5.10 Å². The SMILES string of the molecule is CNC(=O)c1ccc(-n2nc(-c3ccc(F)c(Cl)c3)nc2COCC2CCC2)cc1. The number of carbonyl (C=O) groups excluding carboxylic acids is 1. The van der Waals surface area contributed by atoms with Gasteiger partial charge in [0.25, 0.3) is 5.91 Å². The van der Waals surface area contributed by atoms with Crippen molar-refractivity contribution in [3.63, 3.8) is 0 Å². The highest BCUT2D eigenvalue weighted by molar-refractivity contribution is 6.31. The molecule has 0 aliphatic heterocycles. The molecule has 1 aliphatic carbocycles. The predicted molar refractivity (Wildman–Crippen MR) is 112 cm³/mol. The zero-order valence-corrected chi connectivity index (χ0v) is 17.3. The molecule has 156 valence electrons. The molecule has 1 N–H and O–H groups in total. The maximum absolute atomic E-state index is 13.5. The average molecular weight is 429 g/mol. The Morgan fingerprint density at radius 1 is 1.27 bits per heavy atom. The van der Waals surface area contributed by atoms with Gasteiger partial charge in [0.2, 0.25) is 0 Å². The summed E-state index contributed by atoms with van der Waals surface area (Å²) in [6, 6.07) is 11.4. The largest absolute Gasteiger partial charge is 0.373 e. The van der Waals surface area contributed by atoms with Crippen molar-refractivity contribution in [3.05, 3.63) is 64.7 Å². The molecule has 1 fully saturated rings. The first-order valence-electron chi connectivity index (χ1n) is 9.87. The normalized spacial score (nSPS) is 13.8. The number of nitrogens with zero attached hydrogens (tertiary/aromatic N) is 3. The molecule has 1 aliphatic rings. The lowest BCUT2D eigenvalue weighted by molar-refractivity contribution is 0.0552. The minimum Gasteiger partial charge on any atom is -0.373 e. The summed E-state index contributed by atoms with van der Waals surface area (Å²) in [5.74, 6) is 1.01. The number of hydrogen-bond acceptors (Lipinski definition) is 4. The Bertz CT molecular complexity index is 1050. The van der Waals surface area contributed by atoms with Crippen LogP contribution in [0.1, 0.15) is 35.4 Å². The maximum atomic E-state index is 13.5. The van der Waals surface area contributed by atoms with Crippen molar-refractivity contribution in [1.29, 1.82) is 0 Å². The number of aromatic nitrogens is 3. The standard InChI is InChI=1S/C22H22ClFN4O2/c1-25-22(29)15-5-8-17(9-6-15)28-20(13-30-12-14-3-2-4-14)26-21(27-28)16-7-10-19(24)18(23)11-16/h5-11,14H,2-4,12-13H2,1H3,(H,25,29). The summed E-state index contributed by atoms with van der Waals surface area (Å²) < 4.78 is 21.1. The van der Waals surface area contributed by atoms with Crippen molar-refractivity contribution in [3.8, 4) is 17.1 Å². The summed E-state index contributed by atoms with van der Waals surface area (Å²) in [7, 11) is 1.59. The lowest BCUT2D eigenvalue weighted by Crippen LogP contribution is -2.18. The van der Waals surface area contributed by atoms with E-state index in [9.17, 15) is 9.18 Å². The van der Waals surface area contributed by atoms with Crippen LogP contribution in [-0.4, -0.2) is 34.3 Å². The van der Waals surface area contributed by atoms with Crippen LogP contribution >= 0.6 is 11.6 Å². The smallest absolute Gasteiger partial charge is 0.251 e. The van der Waals surface area contributed by atoms with Crippen LogP contribution in [0.4, 0.5) is 4.39 Å². The van der Waals surface area contributed by atoms with Gasteiger partial charge in [0.15, 0.2) is 11.6 Å². The summed E-state index contributed by atoms with van der Waals surface area (Å²) in [6.07, 6.45) is 3.66. The topological polar surface area (TPSA) is 69.0 Å². The molecule has 4 rings (SSSR count). The Morgan fingerprint density at radius 3 is 2.67 bits per heavy atom. The van der Waals surface area contributed by atoms with E-state index in [1.54, 1.807) is 42.1 Å². The first-order valence-corrected chi connectivity index (χ1v) is 10.2. The van der Waals surface area contributed by atoms with Gasteiger partial charge in [-0.3, -0.25) is 4.79 Å². The molecule has 0 atom stereocenters. The second-order valence-corrected chi connectivity index (χ2v) is 7.74. The minimum atomic E-state index is -0.492. The summed E-state index contributed by atoms with van der Waals surface area (Å²) in [5, 5.41) is 7.21. The van der Waals surface area contributed by atoms with E-state index in [0.29, 0.717) is 41.9 Å². The number of halogens is 2. The van der Waals surface area contributed by atoms with Gasteiger partial charge in [-0.1, -0.05) is 18.0 Å². The fraction of sp³-hybridized carbons (Fsp3) is 0.318. The third-order valence-corrected chi connectivity index (χ3v) is 5.55. The van der Waals surface area contributed by atoms with E-state index >= 15 is 0 Å². The molecule has 0 radical (unpaired) electrons. The molecule has 1 aromatic heterocycles. The molecule has 6 nitrogen and oxygen atoms in total. The highest BCUT2D eigenvalue weighted by atomic mass is 35.5. The fourth-order valence-electron chi connectivity index (χ4n) is 3.28. The number of nitrogens with one attached hydrogen (secondary N) is 1. The van der Waals surface area contributed by atoms with Crippen molar-refractivity contribution < 1.29 is 13.9 Å². The van der Waals surface area contributed by atoms with E-state index in [0.717, 1.165) is 5.69 Å². The Balaban J connectivity index is 1.64. The minimum absolute atomic E-state index is 0.0153. The van der Waals surface area contributed by atoms with E-state index < -0.39 is 5.82 Å². The van der Waals surface area contributed by atoms with Crippen LogP contribution in [0.5, 0.6) is 0 Å². The summed E-state index contributed by atoms with van der Waals surface area (Å²) in [4.78, 5) is 16.4. The molecule has 2 aromatic carbocycles. The molecule has 1 saturated carbocycles. The van der Waals surface area contributed by atoms with E-state index in [-0.39, 0.29) is 10.9 Å². The van der Waals surface area contributed by atoms with Crippen LogP contribution < -0.4 is 5.32 Å². The molecule has 0 bridgehead atoms. The summed E-state index contributed by atoms with van der Waals surface area (Å²) >= 11 is 5.93. The Hall–Kier alpha value is -2.77. The average Bonchev–Trinajstić information content (AvgIpc) is 3.15. The van der Waals surface area contributed by atoms with E-state index in [1.165, 1.54) is 31.4 Å². The molecule has 8 heteroatoms. The van der Waals surface area contributed by atoms with Crippen LogP contribution in [-0.2, 0) is 11.3 Å². The highest BCUT2D eigenvalue weighted by Crippen LogP contribution is 2.27. The van der Waals surface area contributed by atoms with Gasteiger partial charge < -0.3 is 10.1 Å². The van der Waals surface area contributed by atoms with Gasteiger partial charge in [0, 0.05) is 24.8 Å². The molecule has 0 spiro atoms. The van der Waals surface area contributed by atoms with Crippen molar-refractivity contribution in [1.82, 2.24) is 20.1 Å². The van der Waals surface area contributed by atoms with Crippen molar-refractivity contribution in [2.75, 3.05) is 13.7 Å². The lowest BCUT2D eigenvalue weighted by Gasteiger charge is -2.24. The van der Waals surface area contributed by atoms with Crippen LogP contribution in [0.25, 0.3) is 17.1 Å². The molecule has 0 unspecified atom stereocenters. The van der Waals surface area contributed by atoms with Crippen molar-refractivity contribution >= 4 is 17.5 Å². The van der Waals surface area contributed by atoms with Crippen LogP contribution in [0, 0.1) is 11.7 Å². The van der Waals surface area contributed by atoms with E-state index in [4.69, 9.17) is 16.3 Å². The first kappa shape index (κ1) is 20.5. The lowest BCUT2D eigenvalue weighted by atomic mass is 9.86. The van der Waals surface area contributed by atoms with Crippen LogP contribution in [0.3, 0.4) is 0 Å². The molecular weight excluding hydrogens is 407 g/mol. The monoisotopic (exact) mass is 428 g/mol. The van der Waals surface area contributed by atoms with Crippen LogP contribution in [0.2, 0.25) is 5.02 Å². The number of rotatable bonds is 7. The zero-order chi connectivity index (χ0) is 21.1. The molecule has 1 amide bonds. The second kappa shape index (κ2) is 8.93. The van der Waals surface area contributed by atoms with Crippen LogP contribution in [0.15, 0.2) is 42.5 Å². The van der Waals surface area contributed by atoms with Gasteiger partial charge in [-0.25, -0.2) is 14.1 Å².